The van der Waals surface area contributed by atoms with Crippen LogP contribution in [0, 0.1) is 5.82 Å². The zero-order valence-corrected chi connectivity index (χ0v) is 21.6. The Bertz CT molecular complexity index is 1570. The van der Waals surface area contributed by atoms with Crippen LogP contribution in [0.4, 0.5) is 15.0 Å². The van der Waals surface area contributed by atoms with Crippen molar-refractivity contribution in [3.8, 4) is 11.3 Å². The number of hydrogen-bond acceptors (Lipinski definition) is 5. The summed E-state index contributed by atoms with van der Waals surface area (Å²) in [7, 11) is 0. The fourth-order valence-electron chi connectivity index (χ4n) is 4.00. The van der Waals surface area contributed by atoms with E-state index in [0.717, 1.165) is 22.7 Å². The normalized spacial score (nSPS) is 11.8. The van der Waals surface area contributed by atoms with Crippen molar-refractivity contribution < 1.29 is 13.9 Å². The van der Waals surface area contributed by atoms with Gasteiger partial charge >= 0.3 is 6.09 Å². The number of carbonyl (C=O) groups excluding carboxylic acids is 1. The molecule has 184 valence electrons. The van der Waals surface area contributed by atoms with E-state index in [1.165, 1.54) is 17.2 Å². The molecule has 8 nitrogen and oxygen atoms in total. The van der Waals surface area contributed by atoms with Crippen LogP contribution in [0.3, 0.4) is 0 Å². The number of para-hydroxylation sites is 1. The van der Waals surface area contributed by atoms with Gasteiger partial charge in [0.05, 0.1) is 22.6 Å². The van der Waals surface area contributed by atoms with Gasteiger partial charge in [0.25, 0.3) is 0 Å². The molecule has 0 radical (unpaired) electrons. The summed E-state index contributed by atoms with van der Waals surface area (Å²) in [6.45, 7) is 5.77. The molecule has 0 saturated carbocycles. The van der Waals surface area contributed by atoms with Crippen molar-refractivity contribution in [2.75, 3.05) is 11.4 Å². The first-order valence-electron chi connectivity index (χ1n) is 11.4. The average molecular weight is 551 g/mol. The number of nitrogens with zero attached hydrogens (tertiary/aromatic N) is 5. The lowest BCUT2D eigenvalue weighted by atomic mass is 10.1. The Balaban J connectivity index is 1.61. The van der Waals surface area contributed by atoms with Crippen molar-refractivity contribution in [3.05, 3.63) is 77.0 Å². The van der Waals surface area contributed by atoms with Crippen LogP contribution in [0.5, 0.6) is 0 Å². The van der Waals surface area contributed by atoms with Gasteiger partial charge in [-0.25, -0.2) is 14.2 Å². The Kier molecular flexibility index (Phi) is 6.21. The lowest BCUT2D eigenvalue weighted by molar-refractivity contribution is 0.0579. The molecule has 36 heavy (non-hydrogen) atoms. The second-order valence-electron chi connectivity index (χ2n) is 9.36. The highest BCUT2D eigenvalue weighted by atomic mass is 79.9. The number of carbonyl (C=O) groups is 1. The molecular formula is C26H24BrFN6O2. The highest BCUT2D eigenvalue weighted by molar-refractivity contribution is 9.10. The molecule has 0 saturated heterocycles. The van der Waals surface area contributed by atoms with Crippen LogP contribution >= 0.6 is 15.9 Å². The molecule has 5 rings (SSSR count). The number of hydrogen-bond donors (Lipinski definition) is 1. The standard InChI is InChI=1S/C26H24BrFN6O2/c1-26(2,3)36-25(35)33(9-8-16-13-30-21-7-5-4-6-19(16)21)23-11-22(17-10-18(28)14-29-12-17)32-24-20(27)15-31-34(23)24/h4-7,10-15,30H,8-9H2,1-3H3. The summed E-state index contributed by atoms with van der Waals surface area (Å²) < 4.78 is 21.9. The number of aromatic amines is 1. The predicted octanol–water partition coefficient (Wildman–Crippen LogP) is 6.16. The predicted molar refractivity (Wildman–Crippen MR) is 139 cm³/mol. The number of pyridine rings is 1. The minimum Gasteiger partial charge on any atom is -0.443 e. The largest absolute Gasteiger partial charge is 0.443 e. The lowest BCUT2D eigenvalue weighted by Crippen LogP contribution is -2.39. The first-order chi connectivity index (χ1) is 17.2. The number of aromatic nitrogens is 5. The van der Waals surface area contributed by atoms with Gasteiger partial charge < -0.3 is 9.72 Å². The molecule has 4 aromatic heterocycles. The molecule has 0 unspecified atom stereocenters. The van der Waals surface area contributed by atoms with E-state index in [4.69, 9.17) is 4.74 Å². The maximum atomic E-state index is 14.0. The lowest BCUT2D eigenvalue weighted by Gasteiger charge is -2.28. The van der Waals surface area contributed by atoms with Gasteiger partial charge in [0, 0.05) is 41.5 Å². The molecular weight excluding hydrogens is 527 g/mol. The van der Waals surface area contributed by atoms with Gasteiger partial charge in [0.1, 0.15) is 17.2 Å². The monoisotopic (exact) mass is 550 g/mol. The Morgan fingerprint density at radius 2 is 2.00 bits per heavy atom. The van der Waals surface area contributed by atoms with Crippen molar-refractivity contribution >= 4 is 44.4 Å². The zero-order valence-electron chi connectivity index (χ0n) is 20.0. The summed E-state index contributed by atoms with van der Waals surface area (Å²) in [6.07, 6.45) is 6.25. The van der Waals surface area contributed by atoms with Crippen molar-refractivity contribution in [1.29, 1.82) is 0 Å². The highest BCUT2D eigenvalue weighted by Gasteiger charge is 2.27. The Morgan fingerprint density at radius 3 is 2.78 bits per heavy atom. The van der Waals surface area contributed by atoms with Crippen molar-refractivity contribution in [3.63, 3.8) is 0 Å². The number of halogens is 2. The van der Waals surface area contributed by atoms with E-state index in [9.17, 15) is 9.18 Å². The molecule has 0 aliphatic rings. The number of H-pyrrole nitrogens is 1. The SMILES string of the molecule is CC(C)(C)OC(=O)N(CCc1c[nH]c2ccccc12)c1cc(-c2cncc(F)c2)nc2c(Br)cnn12. The van der Waals surface area contributed by atoms with Crippen molar-refractivity contribution in [2.24, 2.45) is 0 Å². The number of amides is 1. The third kappa shape index (κ3) is 4.81. The molecule has 1 N–H and O–H groups in total. The minimum absolute atomic E-state index is 0.314. The summed E-state index contributed by atoms with van der Waals surface area (Å²) in [6, 6.07) is 11.1. The second kappa shape index (κ2) is 9.34. The minimum atomic E-state index is -0.706. The van der Waals surface area contributed by atoms with Crippen LogP contribution in [-0.4, -0.2) is 42.8 Å². The molecule has 0 atom stereocenters. The summed E-state index contributed by atoms with van der Waals surface area (Å²) in [4.78, 5) is 26.9. The quantitative estimate of drug-likeness (QED) is 0.283. The molecule has 0 fully saturated rings. The van der Waals surface area contributed by atoms with Gasteiger partial charge in [-0.1, -0.05) is 18.2 Å². The topological polar surface area (TPSA) is 88.4 Å². The maximum Gasteiger partial charge on any atom is 0.416 e. The summed E-state index contributed by atoms with van der Waals surface area (Å²) in [5, 5.41) is 5.52. The molecule has 5 aromatic rings. The van der Waals surface area contributed by atoms with Crippen LogP contribution in [0.25, 0.3) is 27.8 Å². The number of nitrogens with one attached hydrogen (secondary N) is 1. The van der Waals surface area contributed by atoms with Crippen LogP contribution in [0.2, 0.25) is 0 Å². The van der Waals surface area contributed by atoms with E-state index in [-0.39, 0.29) is 0 Å². The fraction of sp³-hybridized carbons (Fsp3) is 0.231. The Hall–Kier alpha value is -3.79. The molecule has 0 spiro atoms. The smallest absolute Gasteiger partial charge is 0.416 e. The van der Waals surface area contributed by atoms with Gasteiger partial charge in [-0.05, 0) is 60.8 Å². The van der Waals surface area contributed by atoms with Gasteiger partial charge in [-0.15, -0.1) is 0 Å². The van der Waals surface area contributed by atoms with E-state index in [1.807, 2.05) is 51.2 Å². The molecule has 1 aromatic carbocycles. The molecule has 0 aliphatic heterocycles. The number of fused-ring (bicyclic) bond motifs is 2. The van der Waals surface area contributed by atoms with Crippen molar-refractivity contribution in [1.82, 2.24) is 24.6 Å². The van der Waals surface area contributed by atoms with E-state index in [0.29, 0.717) is 40.2 Å². The summed E-state index contributed by atoms with van der Waals surface area (Å²) in [5.41, 5.74) is 2.80. The number of ether oxygens (including phenoxy) is 1. The molecule has 4 heterocycles. The number of benzene rings is 1. The highest BCUT2D eigenvalue weighted by Crippen LogP contribution is 2.29. The second-order valence-corrected chi connectivity index (χ2v) is 10.2. The Morgan fingerprint density at radius 1 is 1.19 bits per heavy atom. The van der Waals surface area contributed by atoms with E-state index in [2.05, 4.69) is 36.0 Å². The van der Waals surface area contributed by atoms with Crippen LogP contribution < -0.4 is 4.90 Å². The van der Waals surface area contributed by atoms with Crippen LogP contribution in [0.1, 0.15) is 26.3 Å². The number of rotatable bonds is 5. The summed E-state index contributed by atoms with van der Waals surface area (Å²) in [5.74, 6) is -0.0364. The van der Waals surface area contributed by atoms with E-state index >= 15 is 0 Å². The summed E-state index contributed by atoms with van der Waals surface area (Å²) >= 11 is 3.48. The van der Waals surface area contributed by atoms with Crippen molar-refractivity contribution in [2.45, 2.75) is 32.8 Å². The van der Waals surface area contributed by atoms with Gasteiger partial charge in [0.15, 0.2) is 5.65 Å². The van der Waals surface area contributed by atoms with Gasteiger partial charge in [0.2, 0.25) is 0 Å². The number of anilines is 1. The molecule has 0 aliphatic carbocycles. The first kappa shape index (κ1) is 23.9. The molecule has 1 amide bonds. The zero-order chi connectivity index (χ0) is 25.4. The van der Waals surface area contributed by atoms with E-state index in [1.54, 1.807) is 16.8 Å². The van der Waals surface area contributed by atoms with Gasteiger partial charge in [-0.3, -0.25) is 9.88 Å². The third-order valence-electron chi connectivity index (χ3n) is 5.58. The van der Waals surface area contributed by atoms with E-state index < -0.39 is 17.5 Å². The van der Waals surface area contributed by atoms with Crippen LogP contribution in [0.15, 0.2) is 65.7 Å². The first-order valence-corrected chi connectivity index (χ1v) is 12.2. The Labute approximate surface area is 215 Å². The third-order valence-corrected chi connectivity index (χ3v) is 6.14. The maximum absolute atomic E-state index is 14.0. The van der Waals surface area contributed by atoms with Crippen LogP contribution in [-0.2, 0) is 11.2 Å². The molecule has 0 bridgehead atoms. The molecule has 10 heteroatoms. The fourth-order valence-corrected chi connectivity index (χ4v) is 4.35. The average Bonchev–Trinajstić information content (AvgIpc) is 3.41. The van der Waals surface area contributed by atoms with Gasteiger partial charge in [-0.2, -0.15) is 9.61 Å².